The van der Waals surface area contributed by atoms with Gasteiger partial charge in [0.15, 0.2) is 0 Å². The van der Waals surface area contributed by atoms with E-state index in [1.54, 1.807) is 28.8 Å². The number of rotatable bonds is 10. The Morgan fingerprint density at radius 3 is 2.65 bits per heavy atom. The molecule has 1 unspecified atom stereocenters. The molecule has 31 heavy (non-hydrogen) atoms. The van der Waals surface area contributed by atoms with Gasteiger partial charge in [0.2, 0.25) is 5.91 Å². The number of aromatic nitrogens is 3. The molecule has 2 amide bonds. The Morgan fingerprint density at radius 2 is 1.94 bits per heavy atom. The van der Waals surface area contributed by atoms with Crippen molar-refractivity contribution in [2.75, 3.05) is 12.0 Å². The molecule has 0 saturated carbocycles. The number of hydrogen-bond donors (Lipinski definition) is 2. The number of amides is 2. The Balaban J connectivity index is 1.65. The van der Waals surface area contributed by atoms with Crippen LogP contribution in [-0.2, 0) is 17.9 Å². The molecule has 1 aromatic heterocycles. The molecule has 0 aliphatic heterocycles. The lowest BCUT2D eigenvalue weighted by Gasteiger charge is -2.19. The molecule has 0 aliphatic rings. The molecule has 3 rings (SSSR count). The summed E-state index contributed by atoms with van der Waals surface area (Å²) in [6, 6.07) is 14.6. The highest BCUT2D eigenvalue weighted by atomic mass is 32.2. The molecule has 8 heteroatoms. The van der Waals surface area contributed by atoms with Gasteiger partial charge in [0.25, 0.3) is 5.91 Å². The van der Waals surface area contributed by atoms with Gasteiger partial charge < -0.3 is 10.6 Å². The Bertz CT molecular complexity index is 1010. The first-order valence-electron chi connectivity index (χ1n) is 10.1. The Labute approximate surface area is 186 Å². The summed E-state index contributed by atoms with van der Waals surface area (Å²) in [5.41, 5.74) is 3.61. The maximum Gasteiger partial charge on any atom is 0.251 e. The average molecular weight is 438 g/mol. The third-order valence-electron chi connectivity index (χ3n) is 4.88. The summed E-state index contributed by atoms with van der Waals surface area (Å²) in [5.74, 6) is 0.344. The second kappa shape index (κ2) is 11.3. The van der Waals surface area contributed by atoms with Gasteiger partial charge in [0.1, 0.15) is 18.7 Å². The number of carbonyl (C=O) groups is 2. The van der Waals surface area contributed by atoms with Gasteiger partial charge in [0, 0.05) is 12.1 Å². The Morgan fingerprint density at radius 1 is 1.13 bits per heavy atom. The predicted molar refractivity (Wildman–Crippen MR) is 123 cm³/mol. The van der Waals surface area contributed by atoms with Gasteiger partial charge in [-0.1, -0.05) is 42.0 Å². The highest BCUT2D eigenvalue weighted by Gasteiger charge is 2.21. The highest BCUT2D eigenvalue weighted by molar-refractivity contribution is 7.98. The van der Waals surface area contributed by atoms with Crippen molar-refractivity contribution in [1.82, 2.24) is 25.4 Å². The van der Waals surface area contributed by atoms with Gasteiger partial charge in [-0.05, 0) is 48.6 Å². The topological polar surface area (TPSA) is 88.9 Å². The normalized spacial score (nSPS) is 11.7. The fourth-order valence-electron chi connectivity index (χ4n) is 3.21. The highest BCUT2D eigenvalue weighted by Crippen LogP contribution is 2.11. The zero-order valence-corrected chi connectivity index (χ0v) is 18.6. The lowest BCUT2D eigenvalue weighted by atomic mass is 10.1. The minimum atomic E-state index is -0.595. The first-order chi connectivity index (χ1) is 15.1. The second-order valence-corrected chi connectivity index (χ2v) is 8.24. The van der Waals surface area contributed by atoms with Crippen LogP contribution in [0.3, 0.4) is 0 Å². The maximum absolute atomic E-state index is 12.9. The van der Waals surface area contributed by atoms with Crippen LogP contribution in [0.4, 0.5) is 0 Å². The molecular formula is C23H27N5O2S. The monoisotopic (exact) mass is 437 g/mol. The van der Waals surface area contributed by atoms with Crippen LogP contribution in [-0.4, -0.2) is 44.6 Å². The minimum Gasteiger partial charge on any atom is -0.350 e. The molecule has 1 atom stereocenters. The number of benzene rings is 2. The van der Waals surface area contributed by atoms with Crippen LogP contribution < -0.4 is 10.6 Å². The van der Waals surface area contributed by atoms with Crippen molar-refractivity contribution in [3.8, 4) is 0 Å². The summed E-state index contributed by atoms with van der Waals surface area (Å²) in [6.45, 7) is 2.89. The smallest absolute Gasteiger partial charge is 0.251 e. The number of nitrogens with zero attached hydrogens (tertiary/aromatic N) is 3. The van der Waals surface area contributed by atoms with E-state index < -0.39 is 6.04 Å². The van der Waals surface area contributed by atoms with E-state index in [9.17, 15) is 9.59 Å². The zero-order chi connectivity index (χ0) is 22.1. The molecule has 3 aromatic rings. The van der Waals surface area contributed by atoms with E-state index >= 15 is 0 Å². The fourth-order valence-corrected chi connectivity index (χ4v) is 3.68. The van der Waals surface area contributed by atoms with Gasteiger partial charge in [-0.3, -0.25) is 9.59 Å². The third kappa shape index (κ3) is 6.68. The fraction of sp³-hybridized carbons (Fsp3) is 0.304. The number of thioether (sulfide) groups is 1. The van der Waals surface area contributed by atoms with E-state index in [1.807, 2.05) is 55.6 Å². The van der Waals surface area contributed by atoms with Gasteiger partial charge in [0.05, 0.1) is 6.54 Å². The second-order valence-electron chi connectivity index (χ2n) is 7.26. The lowest BCUT2D eigenvalue weighted by Crippen LogP contribution is -2.47. The molecule has 2 N–H and O–H groups in total. The van der Waals surface area contributed by atoms with Gasteiger partial charge in [-0.2, -0.15) is 16.9 Å². The maximum atomic E-state index is 12.9. The van der Waals surface area contributed by atoms with Crippen LogP contribution in [0.1, 0.15) is 33.5 Å². The van der Waals surface area contributed by atoms with Crippen molar-refractivity contribution in [3.63, 3.8) is 0 Å². The molecular weight excluding hydrogens is 410 g/mol. The molecule has 0 bridgehead atoms. The number of carbonyl (C=O) groups excluding carboxylic acids is 2. The molecule has 1 heterocycles. The van der Waals surface area contributed by atoms with E-state index in [0.29, 0.717) is 25.1 Å². The van der Waals surface area contributed by atoms with E-state index in [0.717, 1.165) is 22.4 Å². The van der Waals surface area contributed by atoms with Gasteiger partial charge in [-0.25, -0.2) is 9.67 Å². The molecule has 0 radical (unpaired) electrons. The van der Waals surface area contributed by atoms with Crippen LogP contribution in [0, 0.1) is 6.92 Å². The molecule has 0 saturated heterocycles. The molecule has 7 nitrogen and oxygen atoms in total. The van der Waals surface area contributed by atoms with Crippen LogP contribution in [0.15, 0.2) is 61.2 Å². The van der Waals surface area contributed by atoms with Crippen molar-refractivity contribution in [1.29, 1.82) is 0 Å². The third-order valence-corrected chi connectivity index (χ3v) is 5.53. The zero-order valence-electron chi connectivity index (χ0n) is 17.7. The van der Waals surface area contributed by atoms with Crippen molar-refractivity contribution in [2.24, 2.45) is 0 Å². The Kier molecular flexibility index (Phi) is 8.23. The van der Waals surface area contributed by atoms with Crippen molar-refractivity contribution < 1.29 is 9.59 Å². The minimum absolute atomic E-state index is 0.189. The molecule has 0 fully saturated rings. The van der Waals surface area contributed by atoms with Crippen LogP contribution in [0.5, 0.6) is 0 Å². The van der Waals surface area contributed by atoms with Crippen LogP contribution in [0.25, 0.3) is 0 Å². The van der Waals surface area contributed by atoms with Gasteiger partial charge >= 0.3 is 0 Å². The van der Waals surface area contributed by atoms with Crippen molar-refractivity contribution in [2.45, 2.75) is 32.5 Å². The van der Waals surface area contributed by atoms with E-state index in [1.165, 1.54) is 6.33 Å². The number of hydrogen-bond acceptors (Lipinski definition) is 5. The summed E-state index contributed by atoms with van der Waals surface area (Å²) in [7, 11) is 0. The predicted octanol–water partition coefficient (Wildman–Crippen LogP) is 2.80. The Hall–Kier alpha value is -3.13. The quantitative estimate of drug-likeness (QED) is 0.509. The van der Waals surface area contributed by atoms with Crippen LogP contribution in [0.2, 0.25) is 0 Å². The summed E-state index contributed by atoms with van der Waals surface area (Å²) in [5, 5.41) is 10.0. The first kappa shape index (κ1) is 22.6. The van der Waals surface area contributed by atoms with Gasteiger partial charge in [-0.15, -0.1) is 0 Å². The van der Waals surface area contributed by atoms with E-state index in [2.05, 4.69) is 20.7 Å². The number of nitrogens with one attached hydrogen (secondary N) is 2. The molecule has 2 aromatic carbocycles. The SMILES string of the molecule is CSCCC(NC(=O)c1cccc(C)c1)C(=O)NCc1ccccc1Cn1cncn1. The van der Waals surface area contributed by atoms with Crippen molar-refractivity contribution >= 4 is 23.6 Å². The molecule has 162 valence electrons. The molecule has 0 spiro atoms. The standard InChI is InChI=1S/C23H27N5O2S/c1-17-6-5-9-18(12-17)22(29)27-21(10-11-31-2)23(30)25-13-19-7-3-4-8-20(19)14-28-16-24-15-26-28/h3-9,12,15-16,21H,10-11,13-14H2,1-2H3,(H,25,30)(H,27,29). The van der Waals surface area contributed by atoms with Crippen LogP contribution >= 0.6 is 11.8 Å². The summed E-state index contributed by atoms with van der Waals surface area (Å²) in [6.07, 6.45) is 5.70. The largest absolute Gasteiger partial charge is 0.350 e. The lowest BCUT2D eigenvalue weighted by molar-refractivity contribution is -0.123. The van der Waals surface area contributed by atoms with E-state index in [-0.39, 0.29) is 11.8 Å². The summed E-state index contributed by atoms with van der Waals surface area (Å²) in [4.78, 5) is 29.6. The average Bonchev–Trinajstić information content (AvgIpc) is 3.28. The summed E-state index contributed by atoms with van der Waals surface area (Å²) >= 11 is 1.64. The summed E-state index contributed by atoms with van der Waals surface area (Å²) < 4.78 is 1.74. The van der Waals surface area contributed by atoms with Crippen molar-refractivity contribution in [3.05, 3.63) is 83.4 Å². The molecule has 0 aliphatic carbocycles. The van der Waals surface area contributed by atoms with E-state index in [4.69, 9.17) is 0 Å². The number of aryl methyl sites for hydroxylation is 1. The first-order valence-corrected chi connectivity index (χ1v) is 11.5.